The number of likely N-dealkylation sites (N-methyl/N-ethyl adjacent to an activating group) is 1. The molecule has 0 saturated carbocycles. The van der Waals surface area contributed by atoms with E-state index in [1.165, 1.54) is 12.1 Å². The molecule has 1 aromatic rings. The molecule has 1 N–H and O–H groups in total. The lowest BCUT2D eigenvalue weighted by Gasteiger charge is -2.50. The second-order valence-corrected chi connectivity index (χ2v) is 6.04. The highest BCUT2D eigenvalue weighted by Gasteiger charge is 2.43. The van der Waals surface area contributed by atoms with Gasteiger partial charge >= 0.3 is 0 Å². The fraction of sp³-hybridized carbons (Fsp3) is 0.667. The second kappa shape index (κ2) is 5.00. The number of aromatic amines is 1. The van der Waals surface area contributed by atoms with Crippen LogP contribution in [-0.2, 0) is 11.3 Å². The molecule has 2 aliphatic heterocycles. The Morgan fingerprint density at radius 1 is 1.37 bits per heavy atom. The van der Waals surface area contributed by atoms with E-state index in [1.807, 2.05) is 24.2 Å². The predicted molar refractivity (Wildman–Crippen MR) is 74.7 cm³/mol. The first-order valence-electron chi connectivity index (χ1n) is 7.31. The molecule has 1 unspecified atom stereocenters. The zero-order valence-electron chi connectivity index (χ0n) is 11.7. The average molecular weight is 261 g/mol. The van der Waals surface area contributed by atoms with Crippen molar-refractivity contribution < 1.29 is 4.79 Å². The topological polar surface area (TPSA) is 39.3 Å². The van der Waals surface area contributed by atoms with Gasteiger partial charge in [-0.1, -0.05) is 0 Å². The number of likely N-dealkylation sites (tertiary alicyclic amines) is 2. The average Bonchev–Trinajstić information content (AvgIpc) is 2.89. The molecule has 2 fully saturated rings. The minimum Gasteiger partial charge on any atom is -0.364 e. The van der Waals surface area contributed by atoms with Gasteiger partial charge in [-0.05, 0) is 44.4 Å². The van der Waals surface area contributed by atoms with E-state index in [0.29, 0.717) is 5.91 Å². The highest BCUT2D eigenvalue weighted by atomic mass is 16.2. The Bertz CT molecular complexity index is 438. The molecule has 2 saturated heterocycles. The van der Waals surface area contributed by atoms with Crippen LogP contribution in [0.5, 0.6) is 0 Å². The summed E-state index contributed by atoms with van der Waals surface area (Å²) in [5, 5.41) is 0. The monoisotopic (exact) mass is 261 g/mol. The minimum absolute atomic E-state index is 0.0974. The molecule has 1 spiro atoms. The Kier molecular flexibility index (Phi) is 3.35. The summed E-state index contributed by atoms with van der Waals surface area (Å²) < 4.78 is 0. The van der Waals surface area contributed by atoms with E-state index < -0.39 is 0 Å². The van der Waals surface area contributed by atoms with Gasteiger partial charge in [0.1, 0.15) is 0 Å². The van der Waals surface area contributed by atoms with Crippen LogP contribution in [0.25, 0.3) is 0 Å². The largest absolute Gasteiger partial charge is 0.364 e. The Hall–Kier alpha value is -1.29. The molecule has 0 radical (unpaired) electrons. The zero-order valence-corrected chi connectivity index (χ0v) is 11.7. The number of aromatic nitrogens is 1. The highest BCUT2D eigenvalue weighted by molar-refractivity contribution is 5.77. The van der Waals surface area contributed by atoms with Crippen LogP contribution in [0.3, 0.4) is 0 Å². The molecule has 19 heavy (non-hydrogen) atoms. The van der Waals surface area contributed by atoms with E-state index in [0.717, 1.165) is 45.3 Å². The lowest BCUT2D eigenvalue weighted by atomic mass is 9.80. The molecule has 4 nitrogen and oxygen atoms in total. The molecule has 0 aromatic carbocycles. The van der Waals surface area contributed by atoms with Crippen LogP contribution >= 0.6 is 0 Å². The van der Waals surface area contributed by atoms with Crippen LogP contribution in [0.2, 0.25) is 0 Å². The lowest BCUT2D eigenvalue weighted by molar-refractivity contribution is -0.143. The number of H-pyrrole nitrogens is 1. The zero-order chi connectivity index (χ0) is 13.3. The van der Waals surface area contributed by atoms with Crippen LogP contribution in [0.4, 0.5) is 0 Å². The number of nitrogens with zero attached hydrogens (tertiary/aromatic N) is 2. The van der Waals surface area contributed by atoms with Crippen LogP contribution in [0.1, 0.15) is 37.8 Å². The molecular formula is C15H23N3O. The van der Waals surface area contributed by atoms with Gasteiger partial charge < -0.3 is 9.88 Å². The summed E-state index contributed by atoms with van der Waals surface area (Å²) in [6, 6.07) is 4.18. The summed E-state index contributed by atoms with van der Waals surface area (Å²) in [5.74, 6) is 0.327. The maximum atomic E-state index is 12.0. The van der Waals surface area contributed by atoms with Gasteiger partial charge in [-0.3, -0.25) is 9.69 Å². The van der Waals surface area contributed by atoms with E-state index >= 15 is 0 Å². The normalized spacial score (nSPS) is 29.1. The molecule has 1 aromatic heterocycles. The first-order chi connectivity index (χ1) is 9.20. The van der Waals surface area contributed by atoms with Crippen molar-refractivity contribution in [1.29, 1.82) is 0 Å². The number of amides is 1. The number of hydrogen-bond donors (Lipinski definition) is 1. The second-order valence-electron chi connectivity index (χ2n) is 6.04. The van der Waals surface area contributed by atoms with E-state index in [4.69, 9.17) is 0 Å². The number of carbonyl (C=O) groups excluding carboxylic acids is 1. The maximum absolute atomic E-state index is 12.0. The van der Waals surface area contributed by atoms with Crippen molar-refractivity contribution in [3.05, 3.63) is 24.0 Å². The van der Waals surface area contributed by atoms with Gasteiger partial charge in [-0.25, -0.2) is 0 Å². The predicted octanol–water partition coefficient (Wildman–Crippen LogP) is 1.99. The molecule has 0 aliphatic carbocycles. The Morgan fingerprint density at radius 2 is 2.21 bits per heavy atom. The summed E-state index contributed by atoms with van der Waals surface area (Å²) in [4.78, 5) is 19.8. The summed E-state index contributed by atoms with van der Waals surface area (Å²) in [6.45, 7) is 3.13. The number of nitrogens with one attached hydrogen (secondary N) is 1. The molecule has 4 heteroatoms. The van der Waals surface area contributed by atoms with Crippen molar-refractivity contribution in [2.45, 2.75) is 44.2 Å². The molecule has 2 aliphatic rings. The van der Waals surface area contributed by atoms with Gasteiger partial charge in [0.25, 0.3) is 0 Å². The number of rotatable bonds is 2. The van der Waals surface area contributed by atoms with Crippen molar-refractivity contribution in [2.75, 3.05) is 20.1 Å². The molecule has 1 amide bonds. The maximum Gasteiger partial charge on any atom is 0.222 e. The number of carbonyl (C=O) groups is 1. The fourth-order valence-electron chi connectivity index (χ4n) is 3.69. The third-order valence-electron chi connectivity index (χ3n) is 4.81. The van der Waals surface area contributed by atoms with Crippen molar-refractivity contribution in [3.63, 3.8) is 0 Å². The minimum atomic E-state index is 0.0974. The van der Waals surface area contributed by atoms with Crippen molar-refractivity contribution in [2.24, 2.45) is 0 Å². The van der Waals surface area contributed by atoms with Crippen LogP contribution in [-0.4, -0.2) is 46.4 Å². The van der Waals surface area contributed by atoms with Crippen LogP contribution < -0.4 is 0 Å². The van der Waals surface area contributed by atoms with E-state index in [1.54, 1.807) is 0 Å². The highest BCUT2D eigenvalue weighted by Crippen LogP contribution is 2.35. The van der Waals surface area contributed by atoms with Crippen LogP contribution in [0, 0.1) is 0 Å². The Labute approximate surface area is 114 Å². The molecule has 1 atom stereocenters. The number of piperidine rings is 2. The standard InChI is InChI=1S/C15H23N3O/c1-17-14(19)6-2-7-15(17)8-4-10-18(12-15)11-13-5-3-9-16-13/h3,5,9,16H,2,4,6-8,10-12H2,1H3. The van der Waals surface area contributed by atoms with E-state index in [-0.39, 0.29) is 5.54 Å². The Balaban J connectivity index is 1.71. The van der Waals surface area contributed by atoms with E-state index in [9.17, 15) is 4.79 Å². The Morgan fingerprint density at radius 3 is 3.00 bits per heavy atom. The smallest absolute Gasteiger partial charge is 0.222 e. The molecule has 104 valence electrons. The van der Waals surface area contributed by atoms with Crippen molar-refractivity contribution >= 4 is 5.91 Å². The summed E-state index contributed by atoms with van der Waals surface area (Å²) in [5.41, 5.74) is 1.36. The first-order valence-corrected chi connectivity index (χ1v) is 7.31. The third kappa shape index (κ3) is 2.41. The summed E-state index contributed by atoms with van der Waals surface area (Å²) >= 11 is 0. The quantitative estimate of drug-likeness (QED) is 0.884. The van der Waals surface area contributed by atoms with E-state index in [2.05, 4.69) is 16.0 Å². The van der Waals surface area contributed by atoms with Gasteiger partial charge in [0, 0.05) is 38.4 Å². The van der Waals surface area contributed by atoms with Gasteiger partial charge in [0.05, 0.1) is 5.54 Å². The third-order valence-corrected chi connectivity index (χ3v) is 4.81. The van der Waals surface area contributed by atoms with Gasteiger partial charge in [0.15, 0.2) is 0 Å². The van der Waals surface area contributed by atoms with Gasteiger partial charge in [-0.15, -0.1) is 0 Å². The summed E-state index contributed by atoms with van der Waals surface area (Å²) in [6.07, 6.45) is 7.28. The lowest BCUT2D eigenvalue weighted by Crippen LogP contribution is -2.60. The number of hydrogen-bond acceptors (Lipinski definition) is 2. The van der Waals surface area contributed by atoms with Gasteiger partial charge in [-0.2, -0.15) is 0 Å². The van der Waals surface area contributed by atoms with Crippen molar-refractivity contribution in [3.8, 4) is 0 Å². The van der Waals surface area contributed by atoms with Crippen LogP contribution in [0.15, 0.2) is 18.3 Å². The van der Waals surface area contributed by atoms with Crippen molar-refractivity contribution in [1.82, 2.24) is 14.8 Å². The molecular weight excluding hydrogens is 238 g/mol. The molecule has 3 heterocycles. The summed E-state index contributed by atoms with van der Waals surface area (Å²) in [7, 11) is 2.00. The first kappa shape index (κ1) is 12.7. The SMILES string of the molecule is CN1C(=O)CCCC12CCCN(Cc1ccc[nH]1)C2. The molecule has 3 rings (SSSR count). The molecule has 0 bridgehead atoms. The van der Waals surface area contributed by atoms with Gasteiger partial charge in [0.2, 0.25) is 5.91 Å². The fourth-order valence-corrected chi connectivity index (χ4v) is 3.69.